The highest BCUT2D eigenvalue weighted by molar-refractivity contribution is 7.20. The van der Waals surface area contributed by atoms with Crippen LogP contribution in [0.15, 0.2) is 30.3 Å². The van der Waals surface area contributed by atoms with Gasteiger partial charge in [0.1, 0.15) is 0 Å². The van der Waals surface area contributed by atoms with Gasteiger partial charge >= 0.3 is 0 Å². The molecule has 1 atom stereocenters. The molecule has 1 aliphatic rings. The van der Waals surface area contributed by atoms with E-state index in [0.717, 1.165) is 34.3 Å². The molecule has 1 aliphatic heterocycles. The number of carbonyl (C=O) groups is 1. The van der Waals surface area contributed by atoms with E-state index < -0.39 is 0 Å². The van der Waals surface area contributed by atoms with Crippen molar-refractivity contribution in [3.63, 3.8) is 0 Å². The van der Waals surface area contributed by atoms with Gasteiger partial charge in [-0.2, -0.15) is 5.26 Å². The molecule has 0 radical (unpaired) electrons. The SMILES string of the molecule is N#CC1CCCN(C(=O)c2cc3ccccc3s2)C1. The Morgan fingerprint density at radius 2 is 2.26 bits per heavy atom. The summed E-state index contributed by atoms with van der Waals surface area (Å²) in [7, 11) is 0. The lowest BCUT2D eigenvalue weighted by atomic mass is 9.99. The Balaban J connectivity index is 1.85. The molecule has 1 amide bonds. The van der Waals surface area contributed by atoms with E-state index in [1.165, 1.54) is 11.3 Å². The second-order valence-corrected chi connectivity index (χ2v) is 5.95. The molecule has 0 bridgehead atoms. The van der Waals surface area contributed by atoms with Gasteiger partial charge in [0, 0.05) is 17.8 Å². The standard InChI is InChI=1S/C15H14N2OS/c16-9-11-4-3-7-17(10-11)15(18)14-8-12-5-1-2-6-13(12)19-14/h1-2,5-6,8,11H,3-4,7,10H2. The molecule has 0 aliphatic carbocycles. The summed E-state index contributed by atoms with van der Waals surface area (Å²) in [5.74, 6) is 0.0632. The van der Waals surface area contributed by atoms with Crippen LogP contribution in [-0.2, 0) is 0 Å². The number of carbonyl (C=O) groups excluding carboxylic acids is 1. The Morgan fingerprint density at radius 1 is 1.42 bits per heavy atom. The molecule has 96 valence electrons. The predicted octanol–water partition coefficient (Wildman–Crippen LogP) is 3.28. The van der Waals surface area contributed by atoms with E-state index in [2.05, 4.69) is 6.07 Å². The summed E-state index contributed by atoms with van der Waals surface area (Å²) in [6, 6.07) is 12.3. The van der Waals surface area contributed by atoms with Crippen LogP contribution in [0.3, 0.4) is 0 Å². The number of fused-ring (bicyclic) bond motifs is 1. The number of nitriles is 1. The van der Waals surface area contributed by atoms with Gasteiger partial charge in [-0.05, 0) is 30.4 Å². The van der Waals surface area contributed by atoms with Crippen molar-refractivity contribution >= 4 is 27.3 Å². The van der Waals surface area contributed by atoms with Crippen LogP contribution in [0.4, 0.5) is 0 Å². The summed E-state index contributed by atoms with van der Waals surface area (Å²) in [6.45, 7) is 1.34. The van der Waals surface area contributed by atoms with Crippen LogP contribution in [0, 0.1) is 17.2 Å². The van der Waals surface area contributed by atoms with Crippen molar-refractivity contribution in [2.45, 2.75) is 12.8 Å². The van der Waals surface area contributed by atoms with Gasteiger partial charge in [-0.3, -0.25) is 4.79 Å². The van der Waals surface area contributed by atoms with Gasteiger partial charge in [0.15, 0.2) is 0 Å². The lowest BCUT2D eigenvalue weighted by Crippen LogP contribution is -2.39. The first-order valence-corrected chi connectivity index (χ1v) is 7.27. The monoisotopic (exact) mass is 270 g/mol. The molecule has 0 N–H and O–H groups in total. The van der Waals surface area contributed by atoms with Crippen LogP contribution in [0.5, 0.6) is 0 Å². The van der Waals surface area contributed by atoms with Gasteiger partial charge in [-0.15, -0.1) is 11.3 Å². The van der Waals surface area contributed by atoms with Crippen molar-refractivity contribution in [1.82, 2.24) is 4.90 Å². The molecule has 0 spiro atoms. The number of thiophene rings is 1. The van der Waals surface area contributed by atoms with Gasteiger partial charge in [0.25, 0.3) is 5.91 Å². The molecule has 19 heavy (non-hydrogen) atoms. The third-order valence-electron chi connectivity index (χ3n) is 3.53. The largest absolute Gasteiger partial charge is 0.337 e. The molecule has 1 unspecified atom stereocenters. The molecule has 3 rings (SSSR count). The first-order chi connectivity index (χ1) is 9.28. The minimum atomic E-state index is -0.00733. The number of rotatable bonds is 1. The fraction of sp³-hybridized carbons (Fsp3) is 0.333. The molecule has 1 fully saturated rings. The zero-order valence-corrected chi connectivity index (χ0v) is 11.3. The number of likely N-dealkylation sites (tertiary alicyclic amines) is 1. The summed E-state index contributed by atoms with van der Waals surface area (Å²) in [5.41, 5.74) is 0. The maximum Gasteiger partial charge on any atom is 0.264 e. The average Bonchev–Trinajstić information content (AvgIpc) is 2.90. The minimum absolute atomic E-state index is 0.00733. The maximum absolute atomic E-state index is 12.5. The van der Waals surface area contributed by atoms with Gasteiger partial charge in [0.2, 0.25) is 0 Å². The Bertz CT molecular complexity index is 622. The highest BCUT2D eigenvalue weighted by Crippen LogP contribution is 2.27. The Kier molecular flexibility index (Phi) is 3.22. The van der Waals surface area contributed by atoms with Crippen LogP contribution in [0.25, 0.3) is 10.1 Å². The first-order valence-electron chi connectivity index (χ1n) is 6.45. The van der Waals surface area contributed by atoms with E-state index in [4.69, 9.17) is 5.26 Å². The predicted molar refractivity (Wildman–Crippen MR) is 76.1 cm³/mol. The number of hydrogen-bond donors (Lipinski definition) is 0. The summed E-state index contributed by atoms with van der Waals surface area (Å²) >= 11 is 1.53. The van der Waals surface area contributed by atoms with Crippen molar-refractivity contribution in [1.29, 1.82) is 5.26 Å². The van der Waals surface area contributed by atoms with E-state index in [1.807, 2.05) is 35.2 Å². The van der Waals surface area contributed by atoms with E-state index in [-0.39, 0.29) is 11.8 Å². The molecule has 2 aromatic rings. The lowest BCUT2D eigenvalue weighted by molar-refractivity contribution is 0.0704. The van der Waals surface area contributed by atoms with Crippen molar-refractivity contribution < 1.29 is 4.79 Å². The Labute approximate surface area is 116 Å². The highest BCUT2D eigenvalue weighted by Gasteiger charge is 2.25. The zero-order valence-electron chi connectivity index (χ0n) is 10.5. The molecule has 1 aromatic carbocycles. The fourth-order valence-corrected chi connectivity index (χ4v) is 3.54. The normalized spacial score (nSPS) is 19.3. The molecule has 4 heteroatoms. The van der Waals surface area contributed by atoms with Gasteiger partial charge in [-0.25, -0.2) is 0 Å². The van der Waals surface area contributed by atoms with E-state index >= 15 is 0 Å². The molecule has 0 saturated carbocycles. The fourth-order valence-electron chi connectivity index (χ4n) is 2.51. The van der Waals surface area contributed by atoms with Gasteiger partial charge in [-0.1, -0.05) is 18.2 Å². The van der Waals surface area contributed by atoms with Crippen LogP contribution in [0.1, 0.15) is 22.5 Å². The zero-order chi connectivity index (χ0) is 13.2. The topological polar surface area (TPSA) is 44.1 Å². The third kappa shape index (κ3) is 2.34. The second-order valence-electron chi connectivity index (χ2n) is 4.87. The van der Waals surface area contributed by atoms with Gasteiger partial charge < -0.3 is 4.90 Å². The molecule has 1 aromatic heterocycles. The maximum atomic E-state index is 12.5. The lowest BCUT2D eigenvalue weighted by Gasteiger charge is -2.29. The summed E-state index contributed by atoms with van der Waals surface area (Å²) in [5, 5.41) is 10.1. The minimum Gasteiger partial charge on any atom is -0.337 e. The number of amides is 1. The number of nitrogens with zero attached hydrogens (tertiary/aromatic N) is 2. The van der Waals surface area contributed by atoms with Crippen molar-refractivity contribution in [3.05, 3.63) is 35.2 Å². The van der Waals surface area contributed by atoms with Crippen LogP contribution >= 0.6 is 11.3 Å². The van der Waals surface area contributed by atoms with Crippen molar-refractivity contribution in [2.24, 2.45) is 5.92 Å². The number of hydrogen-bond acceptors (Lipinski definition) is 3. The van der Waals surface area contributed by atoms with E-state index in [1.54, 1.807) is 0 Å². The molecule has 3 nitrogen and oxygen atoms in total. The van der Waals surface area contributed by atoms with Crippen molar-refractivity contribution in [3.8, 4) is 6.07 Å². The Hall–Kier alpha value is -1.86. The molecule has 1 saturated heterocycles. The van der Waals surface area contributed by atoms with E-state index in [0.29, 0.717) is 6.54 Å². The summed E-state index contributed by atoms with van der Waals surface area (Å²) < 4.78 is 1.14. The van der Waals surface area contributed by atoms with Crippen LogP contribution in [-0.4, -0.2) is 23.9 Å². The summed E-state index contributed by atoms with van der Waals surface area (Å²) in [6.07, 6.45) is 1.83. The average molecular weight is 270 g/mol. The molecular formula is C15H14N2OS. The quantitative estimate of drug-likeness (QED) is 0.798. The smallest absolute Gasteiger partial charge is 0.264 e. The highest BCUT2D eigenvalue weighted by atomic mass is 32.1. The first kappa shape index (κ1) is 12.2. The van der Waals surface area contributed by atoms with E-state index in [9.17, 15) is 4.79 Å². The third-order valence-corrected chi connectivity index (χ3v) is 4.63. The number of benzene rings is 1. The second kappa shape index (κ2) is 5.02. The summed E-state index contributed by atoms with van der Waals surface area (Å²) in [4.78, 5) is 15.1. The van der Waals surface area contributed by atoms with Crippen LogP contribution in [0.2, 0.25) is 0 Å². The van der Waals surface area contributed by atoms with Crippen LogP contribution < -0.4 is 0 Å². The van der Waals surface area contributed by atoms with Crippen molar-refractivity contribution in [2.75, 3.05) is 13.1 Å². The van der Waals surface area contributed by atoms with Gasteiger partial charge in [0.05, 0.1) is 16.9 Å². The number of piperidine rings is 1. The molecule has 2 heterocycles. The Morgan fingerprint density at radius 3 is 3.05 bits per heavy atom. The molecular weight excluding hydrogens is 256 g/mol.